The van der Waals surface area contributed by atoms with E-state index in [0.717, 1.165) is 31.0 Å². The van der Waals surface area contributed by atoms with E-state index in [1.54, 1.807) is 0 Å². The summed E-state index contributed by atoms with van der Waals surface area (Å²) in [6.07, 6.45) is 11.4. The number of rotatable bonds is 10. The van der Waals surface area contributed by atoms with Crippen LogP contribution in [0, 0.1) is 0 Å². The van der Waals surface area contributed by atoms with Crippen molar-refractivity contribution in [1.82, 2.24) is 0 Å². The van der Waals surface area contributed by atoms with Crippen LogP contribution in [0.2, 0.25) is 0 Å². The van der Waals surface area contributed by atoms with E-state index in [4.69, 9.17) is 4.74 Å². The van der Waals surface area contributed by atoms with E-state index in [2.05, 4.69) is 6.92 Å². The molecule has 1 N–H and O–H groups in total. The van der Waals surface area contributed by atoms with Crippen LogP contribution in [-0.2, 0) is 4.74 Å². The molecule has 0 amide bonds. The van der Waals surface area contributed by atoms with Crippen LogP contribution in [0.3, 0.4) is 0 Å². The molecule has 0 bridgehead atoms. The maximum Gasteiger partial charge on any atom is 0.0924 e. The fraction of sp³-hybridized carbons (Fsp3) is 1.00. The van der Waals surface area contributed by atoms with Crippen LogP contribution in [0.15, 0.2) is 0 Å². The maximum atomic E-state index is 10.0. The quantitative estimate of drug-likeness (QED) is 0.610. The zero-order valence-electron chi connectivity index (χ0n) is 11.9. The van der Waals surface area contributed by atoms with E-state index >= 15 is 0 Å². The lowest BCUT2D eigenvalue weighted by Gasteiger charge is -2.26. The summed E-state index contributed by atoms with van der Waals surface area (Å²) in [6, 6.07) is 0. The van der Waals surface area contributed by atoms with Crippen molar-refractivity contribution < 1.29 is 9.84 Å². The van der Waals surface area contributed by atoms with Crippen LogP contribution in [-0.4, -0.2) is 35.4 Å². The van der Waals surface area contributed by atoms with Gasteiger partial charge in [-0.15, -0.1) is 0 Å². The molecule has 1 aliphatic rings. The minimum absolute atomic E-state index is 0.0910. The van der Waals surface area contributed by atoms with Crippen LogP contribution in [0.25, 0.3) is 0 Å². The van der Waals surface area contributed by atoms with E-state index < -0.39 is 0 Å². The Morgan fingerprint density at radius 2 is 1.78 bits per heavy atom. The zero-order valence-corrected chi connectivity index (χ0v) is 12.7. The Morgan fingerprint density at radius 3 is 2.39 bits per heavy atom. The fourth-order valence-corrected chi connectivity index (χ4v) is 3.33. The Morgan fingerprint density at radius 1 is 1.11 bits per heavy atom. The number of hydrogen-bond acceptors (Lipinski definition) is 3. The maximum absolute atomic E-state index is 10.0. The number of aliphatic hydroxyl groups is 1. The Labute approximate surface area is 117 Å². The molecule has 108 valence electrons. The van der Waals surface area contributed by atoms with Gasteiger partial charge in [0.2, 0.25) is 0 Å². The summed E-state index contributed by atoms with van der Waals surface area (Å²) in [5.74, 6) is 2.05. The normalized spacial score (nSPS) is 22.0. The molecule has 3 heteroatoms. The third kappa shape index (κ3) is 7.65. The van der Waals surface area contributed by atoms with Crippen LogP contribution in [0.1, 0.15) is 64.7 Å². The van der Waals surface area contributed by atoms with Gasteiger partial charge >= 0.3 is 0 Å². The second-order valence-electron chi connectivity index (χ2n) is 5.32. The predicted molar refractivity (Wildman–Crippen MR) is 80.3 cm³/mol. The highest BCUT2D eigenvalue weighted by atomic mass is 32.2. The number of unbranched alkanes of at least 4 members (excludes halogenated alkanes) is 7. The monoisotopic (exact) mass is 274 g/mol. The summed E-state index contributed by atoms with van der Waals surface area (Å²) in [6.45, 7) is 3.07. The molecule has 1 aliphatic heterocycles. The summed E-state index contributed by atoms with van der Waals surface area (Å²) in [4.78, 5) is 0. The predicted octanol–water partition coefficient (Wildman–Crippen LogP) is 4.01. The molecule has 2 nitrogen and oxygen atoms in total. The second-order valence-corrected chi connectivity index (χ2v) is 6.46. The van der Waals surface area contributed by atoms with Crippen molar-refractivity contribution in [3.63, 3.8) is 0 Å². The Bertz CT molecular complexity index is 181. The van der Waals surface area contributed by atoms with Gasteiger partial charge in [-0.3, -0.25) is 0 Å². The summed E-state index contributed by atoms with van der Waals surface area (Å²) in [5.41, 5.74) is 0. The van der Waals surface area contributed by atoms with Gasteiger partial charge in [-0.25, -0.2) is 0 Å². The topological polar surface area (TPSA) is 29.5 Å². The van der Waals surface area contributed by atoms with E-state index in [9.17, 15) is 5.11 Å². The Hall–Kier alpha value is 0.270. The Balaban J connectivity index is 1.87. The molecule has 1 heterocycles. The molecule has 1 rings (SSSR count). The van der Waals surface area contributed by atoms with Gasteiger partial charge < -0.3 is 9.84 Å². The lowest BCUT2D eigenvalue weighted by atomic mass is 10.0. The van der Waals surface area contributed by atoms with Crippen LogP contribution in [0.5, 0.6) is 0 Å². The SMILES string of the molecule is CCCCCCCCCCC(O)C1CSCCO1. The molecule has 0 aromatic rings. The smallest absolute Gasteiger partial charge is 0.0924 e. The second kappa shape index (κ2) is 11.1. The first-order chi connectivity index (χ1) is 8.84. The van der Waals surface area contributed by atoms with Crippen molar-refractivity contribution in [2.24, 2.45) is 0 Å². The molecule has 1 fully saturated rings. The van der Waals surface area contributed by atoms with Gasteiger partial charge in [-0.05, 0) is 6.42 Å². The molecule has 0 aromatic carbocycles. The molecule has 2 unspecified atom stereocenters. The van der Waals surface area contributed by atoms with Crippen molar-refractivity contribution >= 4 is 11.8 Å². The lowest BCUT2D eigenvalue weighted by Crippen LogP contribution is -2.35. The average Bonchev–Trinajstić information content (AvgIpc) is 2.42. The van der Waals surface area contributed by atoms with Gasteiger partial charge in [0.15, 0.2) is 0 Å². The standard InChI is InChI=1S/C15H30O2S/c1-2-3-4-5-6-7-8-9-10-14(16)15-13-18-12-11-17-15/h14-16H,2-13H2,1H3. The molecule has 1 saturated heterocycles. The highest BCUT2D eigenvalue weighted by Gasteiger charge is 2.22. The van der Waals surface area contributed by atoms with Crippen LogP contribution < -0.4 is 0 Å². The van der Waals surface area contributed by atoms with Crippen molar-refractivity contribution in [3.05, 3.63) is 0 Å². The molecule has 0 radical (unpaired) electrons. The first kappa shape index (κ1) is 16.3. The minimum Gasteiger partial charge on any atom is -0.390 e. The van der Waals surface area contributed by atoms with Crippen LogP contribution in [0.4, 0.5) is 0 Å². The van der Waals surface area contributed by atoms with E-state index in [0.29, 0.717) is 0 Å². The lowest BCUT2D eigenvalue weighted by molar-refractivity contribution is -0.0256. The van der Waals surface area contributed by atoms with Crippen molar-refractivity contribution in [1.29, 1.82) is 0 Å². The molecule has 18 heavy (non-hydrogen) atoms. The first-order valence-corrected chi connectivity index (χ1v) is 8.87. The van der Waals surface area contributed by atoms with E-state index in [1.165, 1.54) is 44.9 Å². The summed E-state index contributed by atoms with van der Waals surface area (Å²) >= 11 is 1.90. The van der Waals surface area contributed by atoms with E-state index in [1.807, 2.05) is 11.8 Å². The highest BCUT2D eigenvalue weighted by Crippen LogP contribution is 2.19. The number of ether oxygens (including phenoxy) is 1. The molecule has 0 spiro atoms. The van der Waals surface area contributed by atoms with Crippen LogP contribution >= 0.6 is 11.8 Å². The number of aliphatic hydroxyl groups excluding tert-OH is 1. The Kier molecular flexibility index (Phi) is 10.1. The molecular weight excluding hydrogens is 244 g/mol. The van der Waals surface area contributed by atoms with Gasteiger partial charge in [0.05, 0.1) is 18.8 Å². The fourth-order valence-electron chi connectivity index (χ4n) is 2.40. The number of thioether (sulfide) groups is 1. The van der Waals surface area contributed by atoms with Gasteiger partial charge in [0.25, 0.3) is 0 Å². The largest absolute Gasteiger partial charge is 0.390 e. The molecular formula is C15H30O2S. The van der Waals surface area contributed by atoms with Crippen molar-refractivity contribution in [2.45, 2.75) is 76.9 Å². The summed E-state index contributed by atoms with van der Waals surface area (Å²) in [5, 5.41) is 10.0. The van der Waals surface area contributed by atoms with Crippen molar-refractivity contribution in [2.75, 3.05) is 18.1 Å². The van der Waals surface area contributed by atoms with Gasteiger partial charge in [0, 0.05) is 11.5 Å². The molecule has 0 saturated carbocycles. The summed E-state index contributed by atoms with van der Waals surface area (Å²) in [7, 11) is 0. The van der Waals surface area contributed by atoms with Gasteiger partial charge in [-0.1, -0.05) is 58.3 Å². The molecule has 2 atom stereocenters. The van der Waals surface area contributed by atoms with Gasteiger partial charge in [0.1, 0.15) is 0 Å². The number of hydrogen-bond donors (Lipinski definition) is 1. The summed E-state index contributed by atoms with van der Waals surface area (Å²) < 4.78 is 5.59. The molecule has 0 aromatic heterocycles. The third-order valence-electron chi connectivity index (χ3n) is 3.62. The zero-order chi connectivity index (χ0) is 13.1. The molecule has 0 aliphatic carbocycles. The van der Waals surface area contributed by atoms with Crippen molar-refractivity contribution in [3.8, 4) is 0 Å². The van der Waals surface area contributed by atoms with E-state index in [-0.39, 0.29) is 12.2 Å². The highest BCUT2D eigenvalue weighted by molar-refractivity contribution is 7.99. The minimum atomic E-state index is -0.238. The van der Waals surface area contributed by atoms with Gasteiger partial charge in [-0.2, -0.15) is 11.8 Å². The average molecular weight is 274 g/mol. The third-order valence-corrected chi connectivity index (χ3v) is 4.64. The first-order valence-electron chi connectivity index (χ1n) is 7.72.